The number of sulfonamides is 1. The van der Waals surface area contributed by atoms with Crippen molar-refractivity contribution in [2.45, 2.75) is 16.6 Å². The lowest BCUT2D eigenvalue weighted by Crippen LogP contribution is -2.15. The van der Waals surface area contributed by atoms with Gasteiger partial charge in [0.05, 0.1) is 21.7 Å². The standard InChI is InChI=1S/C12H5ClF6N2O4S2/c13-10-8(21(22)23)4-9(26-10)27(24,25)20-7-2-5(11(14,15)16)1-6(3-7)12(17,18)19/h1-4,20H. The molecule has 0 fully saturated rings. The second-order valence-corrected chi connectivity index (χ2v) is 8.45. The molecule has 0 saturated carbocycles. The average molecular weight is 455 g/mol. The summed E-state index contributed by atoms with van der Waals surface area (Å²) in [7, 11) is -4.73. The number of nitrogens with one attached hydrogen (secondary N) is 1. The van der Waals surface area contributed by atoms with E-state index < -0.39 is 58.3 Å². The molecule has 0 saturated heterocycles. The normalized spacial score (nSPS) is 12.9. The summed E-state index contributed by atoms with van der Waals surface area (Å²) in [6.45, 7) is 0. The quantitative estimate of drug-likeness (QED) is 0.393. The van der Waals surface area contributed by atoms with Crippen molar-refractivity contribution < 1.29 is 39.7 Å². The van der Waals surface area contributed by atoms with Gasteiger partial charge in [0.25, 0.3) is 15.7 Å². The van der Waals surface area contributed by atoms with Crippen LogP contribution in [0.25, 0.3) is 0 Å². The molecule has 1 aromatic heterocycles. The van der Waals surface area contributed by atoms with E-state index in [2.05, 4.69) is 0 Å². The van der Waals surface area contributed by atoms with Crippen LogP contribution in [0, 0.1) is 10.1 Å². The molecule has 1 aromatic carbocycles. The Morgan fingerprint density at radius 1 is 1.00 bits per heavy atom. The van der Waals surface area contributed by atoms with Gasteiger partial charge in [-0.15, -0.1) is 11.3 Å². The van der Waals surface area contributed by atoms with Crippen molar-refractivity contribution in [2.75, 3.05) is 4.72 Å². The minimum Gasteiger partial charge on any atom is -0.279 e. The van der Waals surface area contributed by atoms with Gasteiger partial charge in [-0.2, -0.15) is 26.3 Å². The van der Waals surface area contributed by atoms with Crippen LogP contribution in [0.15, 0.2) is 28.5 Å². The summed E-state index contributed by atoms with van der Waals surface area (Å²) in [6, 6.07) is 0.686. The molecule has 0 aliphatic carbocycles. The molecule has 0 spiro atoms. The Morgan fingerprint density at radius 2 is 1.48 bits per heavy atom. The van der Waals surface area contributed by atoms with Gasteiger partial charge in [-0.25, -0.2) is 8.42 Å². The first-order chi connectivity index (χ1) is 12.1. The first-order valence-corrected chi connectivity index (χ1v) is 9.05. The minimum absolute atomic E-state index is 0.163. The lowest BCUT2D eigenvalue weighted by Gasteiger charge is -2.15. The predicted octanol–water partition coefficient (Wildman–Crippen LogP) is 5.15. The predicted molar refractivity (Wildman–Crippen MR) is 83.2 cm³/mol. The largest absolute Gasteiger partial charge is 0.416 e. The molecular weight excluding hydrogens is 450 g/mol. The van der Waals surface area contributed by atoms with Crippen molar-refractivity contribution in [3.8, 4) is 0 Å². The Labute approximate surface area is 155 Å². The van der Waals surface area contributed by atoms with Crippen molar-refractivity contribution in [1.82, 2.24) is 0 Å². The Balaban J connectivity index is 2.52. The van der Waals surface area contributed by atoms with Crippen LogP contribution in [-0.2, 0) is 22.4 Å². The molecule has 0 amide bonds. The average Bonchev–Trinajstić information content (AvgIpc) is 2.87. The van der Waals surface area contributed by atoms with E-state index in [0.29, 0.717) is 6.07 Å². The topological polar surface area (TPSA) is 89.3 Å². The van der Waals surface area contributed by atoms with Crippen LogP contribution in [0.1, 0.15) is 11.1 Å². The van der Waals surface area contributed by atoms with Gasteiger partial charge in [0.2, 0.25) is 0 Å². The van der Waals surface area contributed by atoms with Gasteiger partial charge in [0, 0.05) is 6.07 Å². The van der Waals surface area contributed by atoms with E-state index in [9.17, 15) is 44.9 Å². The van der Waals surface area contributed by atoms with Gasteiger partial charge in [-0.05, 0) is 18.2 Å². The number of halogens is 7. The van der Waals surface area contributed by atoms with E-state index in [-0.39, 0.29) is 29.5 Å². The molecule has 2 rings (SSSR count). The van der Waals surface area contributed by atoms with E-state index in [1.54, 1.807) is 4.72 Å². The molecule has 1 N–H and O–H groups in total. The zero-order chi connectivity index (χ0) is 20.8. The molecule has 0 aliphatic rings. The van der Waals surface area contributed by atoms with Crippen molar-refractivity contribution >= 4 is 44.3 Å². The summed E-state index contributed by atoms with van der Waals surface area (Å²) in [4.78, 5) is 9.70. The Morgan fingerprint density at radius 3 is 1.85 bits per heavy atom. The Bertz CT molecular complexity index is 968. The molecule has 1 heterocycles. The number of hydrogen-bond donors (Lipinski definition) is 1. The van der Waals surface area contributed by atoms with Crippen LogP contribution in [-0.4, -0.2) is 13.3 Å². The number of nitrogens with zero attached hydrogens (tertiary/aromatic N) is 1. The molecule has 148 valence electrons. The second-order valence-electron chi connectivity index (χ2n) is 4.88. The lowest BCUT2D eigenvalue weighted by atomic mass is 10.1. The zero-order valence-electron chi connectivity index (χ0n) is 12.4. The first kappa shape index (κ1) is 21.2. The van der Waals surface area contributed by atoms with Crippen LogP contribution in [0.2, 0.25) is 4.34 Å². The number of alkyl halides is 6. The number of rotatable bonds is 4. The fourth-order valence-electron chi connectivity index (χ4n) is 1.81. The molecule has 0 unspecified atom stereocenters. The summed E-state index contributed by atoms with van der Waals surface area (Å²) in [5, 5.41) is 10.7. The van der Waals surface area contributed by atoms with E-state index in [1.807, 2.05) is 0 Å². The highest BCUT2D eigenvalue weighted by atomic mass is 35.5. The minimum atomic E-state index is -5.17. The van der Waals surface area contributed by atoms with Gasteiger partial charge >= 0.3 is 12.4 Å². The van der Waals surface area contributed by atoms with Gasteiger partial charge in [-0.1, -0.05) is 11.6 Å². The van der Waals surface area contributed by atoms with Gasteiger partial charge in [-0.3, -0.25) is 14.8 Å². The summed E-state index contributed by atoms with van der Waals surface area (Å²) in [5.74, 6) is 0. The summed E-state index contributed by atoms with van der Waals surface area (Å²) in [5.41, 5.74) is -5.26. The molecule has 27 heavy (non-hydrogen) atoms. The van der Waals surface area contributed by atoms with Gasteiger partial charge in [0.1, 0.15) is 4.21 Å². The smallest absolute Gasteiger partial charge is 0.279 e. The summed E-state index contributed by atoms with van der Waals surface area (Å²) in [6.07, 6.45) is -10.3. The zero-order valence-corrected chi connectivity index (χ0v) is 14.7. The number of nitro groups is 1. The third-order valence-electron chi connectivity index (χ3n) is 2.95. The molecular formula is C12H5ClF6N2O4S2. The second kappa shape index (κ2) is 6.83. The van der Waals surface area contributed by atoms with Crippen LogP contribution in [0.3, 0.4) is 0 Å². The van der Waals surface area contributed by atoms with E-state index in [0.717, 1.165) is 0 Å². The highest BCUT2D eigenvalue weighted by Crippen LogP contribution is 2.39. The molecule has 0 radical (unpaired) electrons. The number of benzene rings is 1. The van der Waals surface area contributed by atoms with Crippen molar-refractivity contribution in [3.05, 3.63) is 49.8 Å². The highest BCUT2D eigenvalue weighted by molar-refractivity contribution is 7.94. The van der Waals surface area contributed by atoms with Crippen LogP contribution in [0.4, 0.5) is 37.7 Å². The lowest BCUT2D eigenvalue weighted by molar-refractivity contribution is -0.384. The molecule has 6 nitrogen and oxygen atoms in total. The first-order valence-electron chi connectivity index (χ1n) is 6.37. The SMILES string of the molecule is O=[N+]([O-])c1cc(S(=O)(=O)Nc2cc(C(F)(F)F)cc(C(F)(F)F)c2)sc1Cl. The maximum atomic E-state index is 12.8. The summed E-state index contributed by atoms with van der Waals surface area (Å²) < 4.78 is 101. The third kappa shape index (κ3) is 4.81. The number of hydrogen-bond acceptors (Lipinski definition) is 5. The van der Waals surface area contributed by atoms with E-state index in [4.69, 9.17) is 11.6 Å². The molecule has 0 atom stereocenters. The molecule has 0 aliphatic heterocycles. The van der Waals surface area contributed by atoms with Gasteiger partial charge in [0.15, 0.2) is 4.34 Å². The summed E-state index contributed by atoms with van der Waals surface area (Å²) >= 11 is 5.72. The van der Waals surface area contributed by atoms with E-state index in [1.165, 1.54) is 0 Å². The molecule has 15 heteroatoms. The monoisotopic (exact) mass is 454 g/mol. The molecule has 0 bridgehead atoms. The van der Waals surface area contributed by atoms with Crippen molar-refractivity contribution in [1.29, 1.82) is 0 Å². The van der Waals surface area contributed by atoms with E-state index >= 15 is 0 Å². The van der Waals surface area contributed by atoms with Crippen LogP contribution >= 0.6 is 22.9 Å². The Hall–Kier alpha value is -2.06. The highest BCUT2D eigenvalue weighted by Gasteiger charge is 2.37. The maximum Gasteiger partial charge on any atom is 0.416 e. The maximum absolute atomic E-state index is 12.8. The molecule has 2 aromatic rings. The fourth-order valence-corrected chi connectivity index (χ4v) is 4.52. The van der Waals surface area contributed by atoms with Crippen LogP contribution < -0.4 is 4.72 Å². The van der Waals surface area contributed by atoms with Crippen molar-refractivity contribution in [2.24, 2.45) is 0 Å². The number of anilines is 1. The third-order valence-corrected chi connectivity index (χ3v) is 6.14. The van der Waals surface area contributed by atoms with Crippen molar-refractivity contribution in [3.63, 3.8) is 0 Å². The van der Waals surface area contributed by atoms with Gasteiger partial charge < -0.3 is 0 Å². The fraction of sp³-hybridized carbons (Fsp3) is 0.167. The van der Waals surface area contributed by atoms with Crippen LogP contribution in [0.5, 0.6) is 0 Å². The Kier molecular flexibility index (Phi) is 5.38. The number of thiophene rings is 1.